The Labute approximate surface area is 120 Å². The molecule has 3 rings (SSSR count). The summed E-state index contributed by atoms with van der Waals surface area (Å²) in [4.78, 5) is 14.3. The van der Waals surface area contributed by atoms with Crippen molar-refractivity contribution in [3.8, 4) is 0 Å². The van der Waals surface area contributed by atoms with Gasteiger partial charge in [-0.2, -0.15) is 0 Å². The molecule has 18 heavy (non-hydrogen) atoms. The van der Waals surface area contributed by atoms with E-state index in [4.69, 9.17) is 0 Å². The van der Waals surface area contributed by atoms with Crippen molar-refractivity contribution in [1.29, 1.82) is 0 Å². The Bertz CT molecular complexity index is 592. The number of amides is 1. The molecule has 90 valence electrons. The zero-order valence-corrected chi connectivity index (χ0v) is 11.9. The molecule has 0 atom stereocenters. The Morgan fingerprint density at radius 2 is 1.78 bits per heavy atom. The molecule has 0 spiro atoms. The summed E-state index contributed by atoms with van der Waals surface area (Å²) in [6, 6.07) is 15.8. The molecule has 0 fully saturated rings. The van der Waals surface area contributed by atoms with Crippen LogP contribution in [0.3, 0.4) is 0 Å². The van der Waals surface area contributed by atoms with E-state index < -0.39 is 0 Å². The molecule has 0 radical (unpaired) electrons. The normalized spacial score (nSPS) is 13.5. The third kappa shape index (κ3) is 2.03. The molecular weight excluding hydrogens is 337 g/mol. The largest absolute Gasteiger partial charge is 0.308 e. The molecule has 1 aliphatic rings. The highest BCUT2D eigenvalue weighted by molar-refractivity contribution is 14.1. The summed E-state index contributed by atoms with van der Waals surface area (Å²) in [6.45, 7) is 0.782. The number of nitrogens with zero attached hydrogens (tertiary/aromatic N) is 1. The summed E-state index contributed by atoms with van der Waals surface area (Å²) in [5, 5.41) is 0. The lowest BCUT2D eigenvalue weighted by Crippen LogP contribution is -2.28. The maximum absolute atomic E-state index is 12.4. The minimum Gasteiger partial charge on any atom is -0.308 e. The lowest BCUT2D eigenvalue weighted by atomic mass is 10.1. The molecule has 2 nitrogen and oxygen atoms in total. The first-order chi connectivity index (χ1) is 8.75. The van der Waals surface area contributed by atoms with E-state index in [9.17, 15) is 4.79 Å². The van der Waals surface area contributed by atoms with Gasteiger partial charge in [-0.3, -0.25) is 4.79 Å². The van der Waals surface area contributed by atoms with Gasteiger partial charge in [0, 0.05) is 21.4 Å². The highest BCUT2D eigenvalue weighted by Gasteiger charge is 2.24. The van der Waals surface area contributed by atoms with Crippen LogP contribution in [0.2, 0.25) is 0 Å². The average Bonchev–Trinajstić information content (AvgIpc) is 2.82. The molecule has 3 heteroatoms. The van der Waals surface area contributed by atoms with Crippen molar-refractivity contribution in [1.82, 2.24) is 0 Å². The highest BCUT2D eigenvalue weighted by Crippen LogP contribution is 2.28. The van der Waals surface area contributed by atoms with Gasteiger partial charge in [-0.15, -0.1) is 0 Å². The summed E-state index contributed by atoms with van der Waals surface area (Å²) in [5.41, 5.74) is 3.07. The van der Waals surface area contributed by atoms with Crippen LogP contribution in [0.1, 0.15) is 15.9 Å². The van der Waals surface area contributed by atoms with Crippen molar-refractivity contribution in [3.63, 3.8) is 0 Å². The molecule has 0 aromatic heterocycles. The third-order valence-corrected chi connectivity index (χ3v) is 3.94. The van der Waals surface area contributed by atoms with Crippen LogP contribution in [0.5, 0.6) is 0 Å². The number of halogens is 1. The molecular formula is C15H12INO. The standard InChI is InChI=1S/C15H12INO/c16-13-7-5-12(6-8-13)15(18)17-10-9-11-3-1-2-4-14(11)17/h1-8H,9-10H2. The number of anilines is 1. The van der Waals surface area contributed by atoms with E-state index in [1.165, 1.54) is 5.56 Å². The zero-order valence-electron chi connectivity index (χ0n) is 9.77. The van der Waals surface area contributed by atoms with Gasteiger partial charge < -0.3 is 4.90 Å². The predicted octanol–water partition coefficient (Wildman–Crippen LogP) is 3.49. The SMILES string of the molecule is O=C(c1ccc(I)cc1)N1CCc2ccccc21. The third-order valence-electron chi connectivity index (χ3n) is 3.22. The minimum atomic E-state index is 0.0938. The van der Waals surface area contributed by atoms with E-state index in [1.54, 1.807) is 0 Å². The Balaban J connectivity index is 1.93. The molecule has 0 bridgehead atoms. The van der Waals surface area contributed by atoms with Crippen LogP contribution in [0, 0.1) is 3.57 Å². The van der Waals surface area contributed by atoms with Crippen LogP contribution in [0.4, 0.5) is 5.69 Å². The minimum absolute atomic E-state index is 0.0938. The fourth-order valence-corrected chi connectivity index (χ4v) is 2.66. The van der Waals surface area contributed by atoms with E-state index in [1.807, 2.05) is 47.4 Å². The quantitative estimate of drug-likeness (QED) is 0.722. The number of benzene rings is 2. The van der Waals surface area contributed by atoms with Gasteiger partial charge in [0.1, 0.15) is 0 Å². The van der Waals surface area contributed by atoms with Gasteiger partial charge in [0.05, 0.1) is 0 Å². The summed E-state index contributed by atoms with van der Waals surface area (Å²) < 4.78 is 1.14. The average molecular weight is 349 g/mol. The van der Waals surface area contributed by atoms with Crippen LogP contribution in [0.25, 0.3) is 0 Å². The van der Waals surface area contributed by atoms with Gasteiger partial charge >= 0.3 is 0 Å². The second-order valence-corrected chi connectivity index (χ2v) is 5.59. The van der Waals surface area contributed by atoms with Crippen LogP contribution in [-0.2, 0) is 6.42 Å². The van der Waals surface area contributed by atoms with Gasteiger partial charge in [0.15, 0.2) is 0 Å². The number of carbonyl (C=O) groups excluding carboxylic acids is 1. The molecule has 2 aromatic carbocycles. The monoisotopic (exact) mass is 349 g/mol. The predicted molar refractivity (Wildman–Crippen MR) is 81.0 cm³/mol. The molecule has 0 N–H and O–H groups in total. The second-order valence-electron chi connectivity index (χ2n) is 4.34. The molecule has 0 unspecified atom stereocenters. The van der Waals surface area contributed by atoms with Crippen molar-refractivity contribution in [3.05, 3.63) is 63.2 Å². The highest BCUT2D eigenvalue weighted by atomic mass is 127. The Kier molecular flexibility index (Phi) is 3.07. The Hall–Kier alpha value is -1.36. The van der Waals surface area contributed by atoms with Gasteiger partial charge in [-0.25, -0.2) is 0 Å². The zero-order chi connectivity index (χ0) is 12.5. The number of hydrogen-bond acceptors (Lipinski definition) is 1. The van der Waals surface area contributed by atoms with Crippen molar-refractivity contribution in [2.45, 2.75) is 6.42 Å². The Morgan fingerprint density at radius 3 is 2.56 bits per heavy atom. The molecule has 0 saturated heterocycles. The number of carbonyl (C=O) groups is 1. The molecule has 0 aliphatic carbocycles. The van der Waals surface area contributed by atoms with Gasteiger partial charge in [0.2, 0.25) is 0 Å². The molecule has 1 aliphatic heterocycles. The van der Waals surface area contributed by atoms with Crippen LogP contribution < -0.4 is 4.90 Å². The topological polar surface area (TPSA) is 20.3 Å². The van der Waals surface area contributed by atoms with Crippen molar-refractivity contribution >= 4 is 34.2 Å². The van der Waals surface area contributed by atoms with E-state index in [0.29, 0.717) is 0 Å². The van der Waals surface area contributed by atoms with Gasteiger partial charge in [0.25, 0.3) is 5.91 Å². The van der Waals surface area contributed by atoms with E-state index in [-0.39, 0.29) is 5.91 Å². The molecule has 0 saturated carbocycles. The van der Waals surface area contributed by atoms with Crippen LogP contribution in [-0.4, -0.2) is 12.5 Å². The van der Waals surface area contributed by atoms with E-state index in [2.05, 4.69) is 28.7 Å². The van der Waals surface area contributed by atoms with E-state index >= 15 is 0 Å². The number of rotatable bonds is 1. The van der Waals surface area contributed by atoms with Crippen LogP contribution in [0.15, 0.2) is 48.5 Å². The maximum atomic E-state index is 12.4. The summed E-state index contributed by atoms with van der Waals surface area (Å²) in [7, 11) is 0. The first kappa shape index (κ1) is 11.7. The lowest BCUT2D eigenvalue weighted by Gasteiger charge is -2.17. The summed E-state index contributed by atoms with van der Waals surface area (Å²) in [5.74, 6) is 0.0938. The lowest BCUT2D eigenvalue weighted by molar-refractivity contribution is 0.0989. The van der Waals surface area contributed by atoms with Gasteiger partial charge in [-0.05, 0) is 64.9 Å². The number of para-hydroxylation sites is 1. The fraction of sp³-hybridized carbons (Fsp3) is 0.133. The number of fused-ring (bicyclic) bond motifs is 1. The van der Waals surface area contributed by atoms with Crippen molar-refractivity contribution in [2.75, 3.05) is 11.4 Å². The molecule has 1 heterocycles. The Morgan fingerprint density at radius 1 is 1.06 bits per heavy atom. The molecule has 1 amide bonds. The van der Waals surface area contributed by atoms with Crippen LogP contribution >= 0.6 is 22.6 Å². The first-order valence-electron chi connectivity index (χ1n) is 5.91. The summed E-state index contributed by atoms with van der Waals surface area (Å²) in [6.07, 6.45) is 0.951. The van der Waals surface area contributed by atoms with Crippen molar-refractivity contribution < 1.29 is 4.79 Å². The molecule has 2 aromatic rings. The maximum Gasteiger partial charge on any atom is 0.258 e. The van der Waals surface area contributed by atoms with E-state index in [0.717, 1.165) is 27.8 Å². The van der Waals surface area contributed by atoms with Crippen molar-refractivity contribution in [2.24, 2.45) is 0 Å². The summed E-state index contributed by atoms with van der Waals surface area (Å²) >= 11 is 2.24. The van der Waals surface area contributed by atoms with Gasteiger partial charge in [-0.1, -0.05) is 18.2 Å². The smallest absolute Gasteiger partial charge is 0.258 e. The first-order valence-corrected chi connectivity index (χ1v) is 6.99. The fourth-order valence-electron chi connectivity index (χ4n) is 2.30. The second kappa shape index (κ2) is 4.72. The number of hydrogen-bond donors (Lipinski definition) is 0.